The Morgan fingerprint density at radius 1 is 1.09 bits per heavy atom. The first-order valence-electron chi connectivity index (χ1n) is 10.4. The summed E-state index contributed by atoms with van der Waals surface area (Å²) in [7, 11) is 1.54. The standard InChI is InChI=1S/C25H19ClN4O3S/c1-32-22-14-17(7-10-21(22)33-15-16-5-8-19(26)9-6-16)23(31)28-20-4-2-3-18(13-20)24-29-30-12-11-27-25(30)34-24/h2-14H,15H2,1H3,(H,28,31). The van der Waals surface area contributed by atoms with Gasteiger partial charge in [-0.25, -0.2) is 9.50 Å². The molecule has 0 atom stereocenters. The molecule has 0 aliphatic carbocycles. The number of hydrogen-bond donors (Lipinski definition) is 1. The Kier molecular flexibility index (Phi) is 6.16. The Balaban J connectivity index is 1.29. The normalized spacial score (nSPS) is 10.9. The number of nitrogens with zero attached hydrogens (tertiary/aromatic N) is 3. The van der Waals surface area contributed by atoms with Crippen LogP contribution >= 0.6 is 22.9 Å². The van der Waals surface area contributed by atoms with E-state index in [1.54, 1.807) is 42.2 Å². The number of carbonyl (C=O) groups excluding carboxylic acids is 1. The van der Waals surface area contributed by atoms with Crippen molar-refractivity contribution in [3.05, 3.63) is 95.3 Å². The van der Waals surface area contributed by atoms with Gasteiger partial charge in [0.15, 0.2) is 11.5 Å². The van der Waals surface area contributed by atoms with Crippen LogP contribution in [-0.2, 0) is 6.61 Å². The first kappa shape index (κ1) is 21.9. The Hall–Kier alpha value is -3.88. The number of anilines is 1. The molecule has 3 aromatic carbocycles. The van der Waals surface area contributed by atoms with E-state index in [2.05, 4.69) is 15.4 Å². The number of methoxy groups -OCH3 is 1. The molecule has 0 saturated carbocycles. The van der Waals surface area contributed by atoms with Crippen LogP contribution in [0.25, 0.3) is 15.5 Å². The second-order valence-corrected chi connectivity index (χ2v) is 8.77. The number of halogens is 1. The molecule has 0 spiro atoms. The number of carbonyl (C=O) groups is 1. The van der Waals surface area contributed by atoms with Crippen LogP contribution < -0.4 is 14.8 Å². The Morgan fingerprint density at radius 2 is 1.94 bits per heavy atom. The first-order chi connectivity index (χ1) is 16.6. The Labute approximate surface area is 204 Å². The fourth-order valence-corrected chi connectivity index (χ4v) is 4.34. The van der Waals surface area contributed by atoms with Crippen molar-refractivity contribution in [1.82, 2.24) is 14.6 Å². The molecule has 9 heteroatoms. The smallest absolute Gasteiger partial charge is 0.255 e. The van der Waals surface area contributed by atoms with Crippen LogP contribution in [-0.4, -0.2) is 27.6 Å². The van der Waals surface area contributed by atoms with Gasteiger partial charge in [0.25, 0.3) is 5.91 Å². The summed E-state index contributed by atoms with van der Waals surface area (Å²) in [6.07, 6.45) is 3.51. The summed E-state index contributed by atoms with van der Waals surface area (Å²) in [4.78, 5) is 18.0. The van der Waals surface area contributed by atoms with E-state index in [-0.39, 0.29) is 5.91 Å². The van der Waals surface area contributed by atoms with Gasteiger partial charge in [-0.3, -0.25) is 4.79 Å². The highest BCUT2D eigenvalue weighted by atomic mass is 35.5. The van der Waals surface area contributed by atoms with Crippen molar-refractivity contribution in [1.29, 1.82) is 0 Å². The number of hydrogen-bond acceptors (Lipinski definition) is 6. The zero-order valence-electron chi connectivity index (χ0n) is 18.1. The monoisotopic (exact) mass is 490 g/mol. The largest absolute Gasteiger partial charge is 0.493 e. The van der Waals surface area contributed by atoms with Crippen molar-refractivity contribution in [3.63, 3.8) is 0 Å². The fraction of sp³-hybridized carbons (Fsp3) is 0.0800. The lowest BCUT2D eigenvalue weighted by Gasteiger charge is -2.13. The average Bonchev–Trinajstić information content (AvgIpc) is 3.46. The first-order valence-corrected chi connectivity index (χ1v) is 11.6. The lowest BCUT2D eigenvalue weighted by molar-refractivity contribution is 0.102. The highest BCUT2D eigenvalue weighted by Crippen LogP contribution is 2.30. The van der Waals surface area contributed by atoms with E-state index in [0.717, 1.165) is 21.1 Å². The van der Waals surface area contributed by atoms with Gasteiger partial charge < -0.3 is 14.8 Å². The molecule has 0 aliphatic heterocycles. The molecule has 0 aliphatic rings. The third-order valence-corrected chi connectivity index (χ3v) is 6.31. The van der Waals surface area contributed by atoms with Crippen LogP contribution in [0.1, 0.15) is 15.9 Å². The van der Waals surface area contributed by atoms with Gasteiger partial charge in [0, 0.05) is 28.0 Å². The second kappa shape index (κ2) is 9.54. The molecular formula is C25H19ClN4O3S. The summed E-state index contributed by atoms with van der Waals surface area (Å²) in [6.45, 7) is 0.355. The van der Waals surface area contributed by atoms with Gasteiger partial charge in [-0.1, -0.05) is 47.2 Å². The number of rotatable bonds is 7. The highest BCUT2D eigenvalue weighted by molar-refractivity contribution is 7.19. The topological polar surface area (TPSA) is 77.8 Å². The van der Waals surface area contributed by atoms with Gasteiger partial charge in [-0.15, -0.1) is 0 Å². The van der Waals surface area contributed by atoms with Crippen LogP contribution in [0, 0.1) is 0 Å². The van der Waals surface area contributed by atoms with E-state index in [4.69, 9.17) is 21.1 Å². The molecule has 0 unspecified atom stereocenters. The summed E-state index contributed by atoms with van der Waals surface area (Å²) in [5.74, 6) is 0.764. The SMILES string of the molecule is COc1cc(C(=O)Nc2cccc(-c3nn4ccnc4s3)c2)ccc1OCc1ccc(Cl)cc1. The van der Waals surface area contributed by atoms with Gasteiger partial charge in [0.05, 0.1) is 13.3 Å². The quantitative estimate of drug-likeness (QED) is 0.305. The van der Waals surface area contributed by atoms with E-state index < -0.39 is 0 Å². The third kappa shape index (κ3) is 4.73. The molecule has 5 aromatic rings. The lowest BCUT2D eigenvalue weighted by atomic mass is 10.1. The van der Waals surface area contributed by atoms with Crippen LogP contribution in [0.5, 0.6) is 11.5 Å². The van der Waals surface area contributed by atoms with Crippen molar-refractivity contribution in [2.24, 2.45) is 0 Å². The second-order valence-electron chi connectivity index (χ2n) is 7.38. The van der Waals surface area contributed by atoms with Crippen molar-refractivity contribution in [3.8, 4) is 22.1 Å². The molecule has 0 bridgehead atoms. The Morgan fingerprint density at radius 3 is 2.74 bits per heavy atom. The predicted octanol–water partition coefficient (Wildman–Crippen LogP) is 5.95. The number of amides is 1. The summed E-state index contributed by atoms with van der Waals surface area (Å²) < 4.78 is 13.1. The zero-order valence-corrected chi connectivity index (χ0v) is 19.6. The van der Waals surface area contributed by atoms with E-state index in [0.29, 0.717) is 34.4 Å². The van der Waals surface area contributed by atoms with E-state index in [1.165, 1.54) is 11.3 Å². The predicted molar refractivity (Wildman–Crippen MR) is 133 cm³/mol. The number of benzene rings is 3. The minimum absolute atomic E-state index is 0.256. The lowest BCUT2D eigenvalue weighted by Crippen LogP contribution is -2.12. The maximum atomic E-state index is 12.9. The van der Waals surface area contributed by atoms with Crippen LogP contribution in [0.15, 0.2) is 79.1 Å². The van der Waals surface area contributed by atoms with Gasteiger partial charge in [0.1, 0.15) is 11.6 Å². The van der Waals surface area contributed by atoms with Crippen LogP contribution in [0.3, 0.4) is 0 Å². The number of ether oxygens (including phenoxy) is 2. The fourth-order valence-electron chi connectivity index (χ4n) is 3.36. The Bertz CT molecular complexity index is 1430. The van der Waals surface area contributed by atoms with Crippen LogP contribution in [0.2, 0.25) is 5.02 Å². The van der Waals surface area contributed by atoms with Crippen molar-refractivity contribution in [2.45, 2.75) is 6.61 Å². The maximum Gasteiger partial charge on any atom is 0.255 e. The van der Waals surface area contributed by atoms with E-state index in [9.17, 15) is 4.79 Å². The molecule has 1 N–H and O–H groups in total. The molecule has 34 heavy (non-hydrogen) atoms. The molecule has 1 amide bonds. The van der Waals surface area contributed by atoms with Crippen molar-refractivity contribution < 1.29 is 14.3 Å². The molecule has 2 heterocycles. The molecular weight excluding hydrogens is 472 g/mol. The van der Waals surface area contributed by atoms with Crippen molar-refractivity contribution >= 4 is 39.5 Å². The molecule has 7 nitrogen and oxygen atoms in total. The molecule has 170 valence electrons. The van der Waals surface area contributed by atoms with Gasteiger partial charge >= 0.3 is 0 Å². The van der Waals surface area contributed by atoms with E-state index in [1.807, 2.05) is 48.5 Å². The molecule has 0 fully saturated rings. The number of aromatic nitrogens is 3. The minimum Gasteiger partial charge on any atom is -0.493 e. The summed E-state index contributed by atoms with van der Waals surface area (Å²) in [5, 5.41) is 8.95. The third-order valence-electron chi connectivity index (χ3n) is 5.08. The maximum absolute atomic E-state index is 12.9. The zero-order chi connectivity index (χ0) is 23.5. The van der Waals surface area contributed by atoms with Gasteiger partial charge in [0.2, 0.25) is 4.96 Å². The average molecular weight is 491 g/mol. The van der Waals surface area contributed by atoms with Crippen molar-refractivity contribution in [2.75, 3.05) is 12.4 Å². The number of nitrogens with one attached hydrogen (secondary N) is 1. The van der Waals surface area contributed by atoms with Gasteiger partial charge in [-0.2, -0.15) is 5.10 Å². The van der Waals surface area contributed by atoms with E-state index >= 15 is 0 Å². The molecule has 2 aromatic heterocycles. The number of imidazole rings is 1. The van der Waals surface area contributed by atoms with Gasteiger partial charge in [-0.05, 0) is 48.0 Å². The molecule has 0 radical (unpaired) electrons. The van der Waals surface area contributed by atoms with Crippen LogP contribution in [0.4, 0.5) is 5.69 Å². The number of fused-ring (bicyclic) bond motifs is 1. The minimum atomic E-state index is -0.256. The summed E-state index contributed by atoms with van der Waals surface area (Å²) in [5.41, 5.74) is 2.99. The summed E-state index contributed by atoms with van der Waals surface area (Å²) >= 11 is 7.41. The summed E-state index contributed by atoms with van der Waals surface area (Å²) in [6, 6.07) is 20.1. The molecule has 5 rings (SSSR count). The highest BCUT2D eigenvalue weighted by Gasteiger charge is 2.13. The molecule has 0 saturated heterocycles.